The summed E-state index contributed by atoms with van der Waals surface area (Å²) < 4.78 is 11.1. The molecule has 44 heavy (non-hydrogen) atoms. The van der Waals surface area contributed by atoms with Crippen molar-refractivity contribution in [3.8, 4) is 0 Å². The molecule has 0 fully saturated rings. The summed E-state index contributed by atoms with van der Waals surface area (Å²) in [5.74, 6) is -0.201. The SMILES string of the molecule is CCCCC/C=C\C/C=C\CCCCCCCCCCOCC(CO)OC(=O)CCCCCCCCCCCCCCCC. The summed E-state index contributed by atoms with van der Waals surface area (Å²) in [6, 6.07) is 0. The number of hydrogen-bond donors (Lipinski definition) is 1. The molecule has 0 rings (SSSR count). The number of hydrogen-bond acceptors (Lipinski definition) is 4. The van der Waals surface area contributed by atoms with Crippen molar-refractivity contribution in [1.82, 2.24) is 0 Å². The highest BCUT2D eigenvalue weighted by Crippen LogP contribution is 2.14. The third-order valence-electron chi connectivity index (χ3n) is 8.53. The van der Waals surface area contributed by atoms with Crippen molar-refractivity contribution in [2.45, 2.75) is 206 Å². The molecule has 0 aromatic carbocycles. The van der Waals surface area contributed by atoms with Gasteiger partial charge in [0.15, 0.2) is 0 Å². The number of aliphatic hydroxyl groups excluding tert-OH is 1. The molecule has 0 aliphatic rings. The van der Waals surface area contributed by atoms with Crippen LogP contribution in [0.25, 0.3) is 0 Å². The first-order valence-corrected chi connectivity index (χ1v) is 19.4. The fraction of sp³-hybridized carbons (Fsp3) is 0.875. The largest absolute Gasteiger partial charge is 0.457 e. The lowest BCUT2D eigenvalue weighted by atomic mass is 10.0. The van der Waals surface area contributed by atoms with Crippen LogP contribution in [-0.2, 0) is 14.3 Å². The molecule has 4 nitrogen and oxygen atoms in total. The van der Waals surface area contributed by atoms with E-state index in [1.165, 1.54) is 154 Å². The van der Waals surface area contributed by atoms with Gasteiger partial charge in [0.05, 0.1) is 13.2 Å². The van der Waals surface area contributed by atoms with Crippen molar-refractivity contribution in [2.24, 2.45) is 0 Å². The Morgan fingerprint density at radius 3 is 1.45 bits per heavy atom. The average molecular weight is 621 g/mol. The molecule has 0 saturated heterocycles. The van der Waals surface area contributed by atoms with E-state index in [0.717, 1.165) is 25.7 Å². The molecule has 0 heterocycles. The number of esters is 1. The molecule has 0 aromatic heterocycles. The second kappa shape index (κ2) is 38.1. The fourth-order valence-corrected chi connectivity index (χ4v) is 5.59. The minimum atomic E-state index is -0.531. The quantitative estimate of drug-likeness (QED) is 0.0430. The first kappa shape index (κ1) is 42.9. The van der Waals surface area contributed by atoms with Gasteiger partial charge >= 0.3 is 5.97 Å². The van der Waals surface area contributed by atoms with Crippen molar-refractivity contribution in [3.63, 3.8) is 0 Å². The molecule has 0 aliphatic carbocycles. The molecule has 1 N–H and O–H groups in total. The number of carbonyl (C=O) groups is 1. The highest BCUT2D eigenvalue weighted by Gasteiger charge is 2.13. The first-order chi connectivity index (χ1) is 21.7. The zero-order valence-corrected chi connectivity index (χ0v) is 29.7. The van der Waals surface area contributed by atoms with Gasteiger partial charge in [-0.05, 0) is 44.9 Å². The Kier molecular flexibility index (Phi) is 37.1. The number of aliphatic hydroxyl groups is 1. The third kappa shape index (κ3) is 35.4. The molecule has 260 valence electrons. The van der Waals surface area contributed by atoms with Gasteiger partial charge in [-0.1, -0.05) is 173 Å². The maximum absolute atomic E-state index is 12.1. The van der Waals surface area contributed by atoms with Crippen molar-refractivity contribution in [1.29, 1.82) is 0 Å². The highest BCUT2D eigenvalue weighted by atomic mass is 16.6. The van der Waals surface area contributed by atoms with Gasteiger partial charge in [-0.2, -0.15) is 0 Å². The second-order valence-corrected chi connectivity index (χ2v) is 13.0. The van der Waals surface area contributed by atoms with Gasteiger partial charge in [0.1, 0.15) is 6.10 Å². The van der Waals surface area contributed by atoms with E-state index in [9.17, 15) is 9.90 Å². The monoisotopic (exact) mass is 621 g/mol. The normalized spacial score (nSPS) is 12.5. The Morgan fingerprint density at radius 2 is 0.955 bits per heavy atom. The zero-order chi connectivity index (χ0) is 32.0. The lowest BCUT2D eigenvalue weighted by molar-refractivity contribution is -0.154. The second-order valence-electron chi connectivity index (χ2n) is 13.0. The van der Waals surface area contributed by atoms with Crippen LogP contribution in [0.3, 0.4) is 0 Å². The number of ether oxygens (including phenoxy) is 2. The average Bonchev–Trinajstić information content (AvgIpc) is 3.03. The lowest BCUT2D eigenvalue weighted by Gasteiger charge is -2.16. The van der Waals surface area contributed by atoms with Gasteiger partial charge in [0, 0.05) is 13.0 Å². The molecule has 0 aromatic rings. The van der Waals surface area contributed by atoms with Gasteiger partial charge in [-0.3, -0.25) is 4.79 Å². The zero-order valence-electron chi connectivity index (χ0n) is 29.7. The number of carbonyl (C=O) groups excluding carboxylic acids is 1. The van der Waals surface area contributed by atoms with Crippen LogP contribution in [0.1, 0.15) is 200 Å². The molecule has 0 spiro atoms. The fourth-order valence-electron chi connectivity index (χ4n) is 5.59. The topological polar surface area (TPSA) is 55.8 Å². The number of rotatable bonds is 36. The predicted molar refractivity (Wildman–Crippen MR) is 191 cm³/mol. The third-order valence-corrected chi connectivity index (χ3v) is 8.53. The van der Waals surface area contributed by atoms with Crippen LogP contribution >= 0.6 is 0 Å². The number of unbranched alkanes of at least 4 members (excludes halogenated alkanes) is 24. The maximum Gasteiger partial charge on any atom is 0.306 e. The molecule has 1 atom stereocenters. The van der Waals surface area contributed by atoms with E-state index in [-0.39, 0.29) is 12.6 Å². The predicted octanol–water partition coefficient (Wildman–Crippen LogP) is 12.4. The van der Waals surface area contributed by atoms with E-state index in [0.29, 0.717) is 19.6 Å². The summed E-state index contributed by atoms with van der Waals surface area (Å²) in [4.78, 5) is 12.1. The molecule has 0 radical (unpaired) electrons. The van der Waals surface area contributed by atoms with Crippen molar-refractivity contribution < 1.29 is 19.4 Å². The minimum Gasteiger partial charge on any atom is -0.457 e. The van der Waals surface area contributed by atoms with Crippen LogP contribution in [0.2, 0.25) is 0 Å². The van der Waals surface area contributed by atoms with E-state index in [4.69, 9.17) is 9.47 Å². The van der Waals surface area contributed by atoms with E-state index >= 15 is 0 Å². The van der Waals surface area contributed by atoms with E-state index in [2.05, 4.69) is 38.2 Å². The van der Waals surface area contributed by atoms with Gasteiger partial charge in [-0.15, -0.1) is 0 Å². The molecular formula is C40H76O4. The highest BCUT2D eigenvalue weighted by molar-refractivity contribution is 5.69. The first-order valence-electron chi connectivity index (χ1n) is 19.4. The summed E-state index contributed by atoms with van der Waals surface area (Å²) in [5.41, 5.74) is 0. The molecule has 0 saturated carbocycles. The van der Waals surface area contributed by atoms with Crippen molar-refractivity contribution in [2.75, 3.05) is 19.8 Å². The van der Waals surface area contributed by atoms with Gasteiger partial charge in [0.25, 0.3) is 0 Å². The van der Waals surface area contributed by atoms with Crippen LogP contribution in [0, 0.1) is 0 Å². The summed E-state index contributed by atoms with van der Waals surface area (Å²) in [5, 5.41) is 9.56. The Hall–Kier alpha value is -1.13. The van der Waals surface area contributed by atoms with Crippen LogP contribution < -0.4 is 0 Å². The Bertz CT molecular complexity index is 614. The van der Waals surface area contributed by atoms with Crippen LogP contribution in [0.4, 0.5) is 0 Å². The smallest absolute Gasteiger partial charge is 0.306 e. The standard InChI is InChI=1S/C40H76O4/c1-3-5-7-9-11-13-15-17-19-20-21-22-24-26-28-30-32-34-36-43-38-39(37-41)44-40(42)35-33-31-29-27-25-23-18-16-14-12-10-8-6-4-2/h11,13,17,19,39,41H,3-10,12,14-16,18,20-38H2,1-2H3/b13-11-,19-17-. The van der Waals surface area contributed by atoms with Crippen molar-refractivity contribution >= 4 is 5.97 Å². The molecule has 0 aliphatic heterocycles. The van der Waals surface area contributed by atoms with Gasteiger partial charge in [-0.25, -0.2) is 0 Å². The number of allylic oxidation sites excluding steroid dienone is 4. The lowest BCUT2D eigenvalue weighted by Crippen LogP contribution is -2.27. The van der Waals surface area contributed by atoms with Gasteiger partial charge < -0.3 is 14.6 Å². The summed E-state index contributed by atoms with van der Waals surface area (Å²) in [7, 11) is 0. The van der Waals surface area contributed by atoms with Crippen LogP contribution in [-0.4, -0.2) is 37.0 Å². The molecule has 0 amide bonds. The summed E-state index contributed by atoms with van der Waals surface area (Å²) in [6.07, 6.45) is 45.0. The van der Waals surface area contributed by atoms with E-state index in [1.807, 2.05) is 0 Å². The summed E-state index contributed by atoms with van der Waals surface area (Å²) in [6.45, 7) is 5.33. The van der Waals surface area contributed by atoms with Crippen LogP contribution in [0.15, 0.2) is 24.3 Å². The Balaban J connectivity index is 3.42. The van der Waals surface area contributed by atoms with Gasteiger partial charge in [0.2, 0.25) is 0 Å². The molecule has 4 heteroatoms. The maximum atomic E-state index is 12.1. The summed E-state index contributed by atoms with van der Waals surface area (Å²) >= 11 is 0. The van der Waals surface area contributed by atoms with Crippen molar-refractivity contribution in [3.05, 3.63) is 24.3 Å². The Labute approximate surface area is 275 Å². The Morgan fingerprint density at radius 1 is 0.545 bits per heavy atom. The van der Waals surface area contributed by atoms with E-state index in [1.54, 1.807) is 0 Å². The molecule has 0 bridgehead atoms. The minimum absolute atomic E-state index is 0.170. The van der Waals surface area contributed by atoms with Crippen LogP contribution in [0.5, 0.6) is 0 Å². The molecular weight excluding hydrogens is 544 g/mol. The molecule has 1 unspecified atom stereocenters. The van der Waals surface area contributed by atoms with E-state index < -0.39 is 6.10 Å².